The highest BCUT2D eigenvalue weighted by atomic mass is 16.6. The van der Waals surface area contributed by atoms with Gasteiger partial charge in [-0.25, -0.2) is 4.90 Å². The van der Waals surface area contributed by atoms with Gasteiger partial charge in [0.05, 0.1) is 21.7 Å². The average molecular weight is 493 g/mol. The van der Waals surface area contributed by atoms with Crippen LogP contribution in [0.3, 0.4) is 0 Å². The third-order valence-corrected chi connectivity index (χ3v) is 5.84. The monoisotopic (exact) mass is 493 g/mol. The van der Waals surface area contributed by atoms with Crippen molar-refractivity contribution in [3.8, 4) is 5.75 Å². The van der Waals surface area contributed by atoms with Gasteiger partial charge in [-0.3, -0.25) is 24.5 Å². The molecule has 0 aromatic heterocycles. The molecule has 0 unspecified atom stereocenters. The molecule has 9 nitrogen and oxygen atoms in total. The zero-order valence-corrected chi connectivity index (χ0v) is 19.3. The van der Waals surface area contributed by atoms with Crippen LogP contribution in [0.2, 0.25) is 0 Å². The number of hydrogen-bond donors (Lipinski definition) is 1. The topological polar surface area (TPSA) is 119 Å². The molecule has 1 aliphatic rings. The van der Waals surface area contributed by atoms with Gasteiger partial charge in [-0.15, -0.1) is 0 Å². The van der Waals surface area contributed by atoms with E-state index in [0.29, 0.717) is 18.0 Å². The normalized spacial score (nSPS) is 12.3. The van der Waals surface area contributed by atoms with Crippen LogP contribution in [0.4, 0.5) is 17.1 Å². The third-order valence-electron chi connectivity index (χ3n) is 5.84. The maximum atomic E-state index is 12.9. The number of ether oxygens (including phenoxy) is 1. The van der Waals surface area contributed by atoms with Crippen molar-refractivity contribution in [3.63, 3.8) is 0 Å². The van der Waals surface area contributed by atoms with E-state index in [4.69, 9.17) is 4.74 Å². The van der Waals surface area contributed by atoms with Crippen molar-refractivity contribution in [3.05, 3.63) is 129 Å². The second-order valence-electron chi connectivity index (χ2n) is 8.20. The molecule has 0 fully saturated rings. The molecule has 3 amide bonds. The first-order valence-corrected chi connectivity index (χ1v) is 11.3. The summed E-state index contributed by atoms with van der Waals surface area (Å²) >= 11 is 0. The zero-order valence-electron chi connectivity index (χ0n) is 19.3. The molecule has 37 heavy (non-hydrogen) atoms. The van der Waals surface area contributed by atoms with Gasteiger partial charge in [-0.05, 0) is 54.1 Å². The molecule has 1 N–H and O–H groups in total. The number of nitro groups is 1. The quantitative estimate of drug-likeness (QED) is 0.214. The van der Waals surface area contributed by atoms with Crippen LogP contribution < -0.4 is 15.0 Å². The molecular formula is C28H19N3O6. The molecule has 4 aromatic rings. The number of carbonyl (C=O) groups is 3. The van der Waals surface area contributed by atoms with E-state index in [1.165, 1.54) is 24.3 Å². The van der Waals surface area contributed by atoms with Crippen LogP contribution in [0.15, 0.2) is 97.1 Å². The van der Waals surface area contributed by atoms with Crippen molar-refractivity contribution >= 4 is 34.8 Å². The molecule has 0 saturated carbocycles. The molecule has 182 valence electrons. The summed E-state index contributed by atoms with van der Waals surface area (Å²) in [4.78, 5) is 50.3. The van der Waals surface area contributed by atoms with E-state index in [-0.39, 0.29) is 22.4 Å². The average Bonchev–Trinajstić information content (AvgIpc) is 3.18. The molecule has 1 aliphatic heterocycles. The van der Waals surface area contributed by atoms with Crippen LogP contribution in [0.1, 0.15) is 36.6 Å². The van der Waals surface area contributed by atoms with E-state index in [9.17, 15) is 24.5 Å². The molecular weight excluding hydrogens is 474 g/mol. The second kappa shape index (κ2) is 9.74. The van der Waals surface area contributed by atoms with Gasteiger partial charge in [0.1, 0.15) is 17.9 Å². The summed E-state index contributed by atoms with van der Waals surface area (Å²) in [6, 6.07) is 26.2. The maximum absolute atomic E-state index is 12.9. The fourth-order valence-electron chi connectivity index (χ4n) is 4.00. The minimum absolute atomic E-state index is 0.00867. The van der Waals surface area contributed by atoms with Gasteiger partial charge in [0.25, 0.3) is 23.4 Å². The number of carbonyl (C=O) groups excluding carboxylic acids is 3. The van der Waals surface area contributed by atoms with E-state index in [1.54, 1.807) is 36.4 Å². The van der Waals surface area contributed by atoms with E-state index in [2.05, 4.69) is 5.32 Å². The number of nitrogens with one attached hydrogen (secondary N) is 1. The van der Waals surface area contributed by atoms with Crippen molar-refractivity contribution < 1.29 is 24.0 Å². The van der Waals surface area contributed by atoms with Crippen LogP contribution in [0.5, 0.6) is 5.75 Å². The number of hydrogen-bond acceptors (Lipinski definition) is 6. The molecule has 0 saturated heterocycles. The Labute approximate surface area is 211 Å². The molecule has 0 atom stereocenters. The maximum Gasteiger partial charge on any atom is 0.284 e. The first-order chi connectivity index (χ1) is 17.9. The van der Waals surface area contributed by atoms with Crippen LogP contribution in [0.25, 0.3) is 0 Å². The first-order valence-electron chi connectivity index (χ1n) is 11.3. The fourth-order valence-corrected chi connectivity index (χ4v) is 4.00. The van der Waals surface area contributed by atoms with Crippen LogP contribution in [-0.2, 0) is 6.61 Å². The summed E-state index contributed by atoms with van der Waals surface area (Å²) in [6.45, 7) is 0.387. The number of amides is 3. The lowest BCUT2D eigenvalue weighted by atomic mass is 10.1. The predicted octanol–water partition coefficient (Wildman–Crippen LogP) is 5.23. The molecule has 0 aliphatic carbocycles. The smallest absolute Gasteiger partial charge is 0.284 e. The molecule has 0 spiro atoms. The first kappa shape index (κ1) is 23.4. The van der Waals surface area contributed by atoms with Crippen LogP contribution in [0, 0.1) is 10.1 Å². The van der Waals surface area contributed by atoms with Crippen molar-refractivity contribution in [2.75, 3.05) is 10.2 Å². The Bertz CT molecular complexity index is 1500. The summed E-state index contributed by atoms with van der Waals surface area (Å²) in [5.41, 5.74) is 1.12. The van der Waals surface area contributed by atoms with E-state index >= 15 is 0 Å². The highest BCUT2D eigenvalue weighted by molar-refractivity contribution is 6.34. The van der Waals surface area contributed by atoms with Gasteiger partial charge in [0.2, 0.25) is 0 Å². The number of imide groups is 1. The Kier molecular flexibility index (Phi) is 6.17. The molecule has 0 radical (unpaired) electrons. The second-order valence-corrected chi connectivity index (χ2v) is 8.20. The van der Waals surface area contributed by atoms with Crippen molar-refractivity contribution in [2.45, 2.75) is 6.61 Å². The fraction of sp³-hybridized carbons (Fsp3) is 0.0357. The number of anilines is 2. The highest BCUT2D eigenvalue weighted by Gasteiger charge is 2.37. The number of fused-ring (bicyclic) bond motifs is 1. The van der Waals surface area contributed by atoms with Crippen molar-refractivity contribution in [1.82, 2.24) is 0 Å². The number of nitro benzene ring substituents is 1. The summed E-state index contributed by atoms with van der Waals surface area (Å²) in [5, 5.41) is 14.4. The Balaban J connectivity index is 1.32. The minimum atomic E-state index is -0.725. The Morgan fingerprint density at radius 1 is 0.838 bits per heavy atom. The third kappa shape index (κ3) is 4.65. The molecule has 1 heterocycles. The van der Waals surface area contributed by atoms with Gasteiger partial charge in [0.15, 0.2) is 0 Å². The van der Waals surface area contributed by atoms with Gasteiger partial charge in [-0.1, -0.05) is 42.5 Å². The molecule has 5 rings (SSSR count). The Morgan fingerprint density at radius 3 is 2.08 bits per heavy atom. The van der Waals surface area contributed by atoms with Crippen molar-refractivity contribution in [2.24, 2.45) is 0 Å². The molecule has 0 bridgehead atoms. The largest absolute Gasteiger partial charge is 0.489 e. The van der Waals surface area contributed by atoms with Crippen molar-refractivity contribution in [1.29, 1.82) is 0 Å². The summed E-state index contributed by atoms with van der Waals surface area (Å²) in [5.74, 6) is -1.28. The molecule has 4 aromatic carbocycles. The lowest BCUT2D eigenvalue weighted by molar-refractivity contribution is -0.385. The lowest BCUT2D eigenvalue weighted by Gasteiger charge is -2.15. The van der Waals surface area contributed by atoms with Crippen LogP contribution >= 0.6 is 0 Å². The standard InChI is InChI=1S/C28H19N3O6/c32-26(29-19-10-13-21(14-11-19)37-17-18-6-2-1-3-7-18)24-15-12-20(16-25(24)31(35)36)30-27(33)22-8-4-5-9-23(22)28(30)34/h1-16H,17H2,(H,29,32). The summed E-state index contributed by atoms with van der Waals surface area (Å²) in [7, 11) is 0. The SMILES string of the molecule is O=C(Nc1ccc(OCc2ccccc2)cc1)c1ccc(N2C(=O)c3ccccc3C2=O)cc1[N+](=O)[O-]. The Hall–Kier alpha value is -5.31. The predicted molar refractivity (Wildman–Crippen MR) is 136 cm³/mol. The van der Waals surface area contributed by atoms with Gasteiger partial charge in [-0.2, -0.15) is 0 Å². The van der Waals surface area contributed by atoms with E-state index in [0.717, 1.165) is 16.5 Å². The van der Waals surface area contributed by atoms with Gasteiger partial charge in [0, 0.05) is 11.8 Å². The zero-order chi connectivity index (χ0) is 25.9. The number of nitrogens with zero attached hydrogens (tertiary/aromatic N) is 2. The van der Waals surface area contributed by atoms with Gasteiger partial charge < -0.3 is 10.1 Å². The number of rotatable bonds is 7. The highest BCUT2D eigenvalue weighted by Crippen LogP contribution is 2.32. The van der Waals surface area contributed by atoms with E-state index < -0.39 is 28.3 Å². The van der Waals surface area contributed by atoms with E-state index in [1.807, 2.05) is 30.3 Å². The molecule has 9 heteroatoms. The van der Waals surface area contributed by atoms with Gasteiger partial charge >= 0.3 is 0 Å². The Morgan fingerprint density at radius 2 is 1.46 bits per heavy atom. The lowest BCUT2D eigenvalue weighted by Crippen LogP contribution is -2.29. The number of benzene rings is 4. The summed E-state index contributed by atoms with van der Waals surface area (Å²) < 4.78 is 5.73. The van der Waals surface area contributed by atoms with Crippen LogP contribution in [-0.4, -0.2) is 22.6 Å². The minimum Gasteiger partial charge on any atom is -0.489 e. The summed E-state index contributed by atoms with van der Waals surface area (Å²) in [6.07, 6.45) is 0.